The number of hydrogen-bond donors (Lipinski definition) is 0. The minimum Gasteiger partial charge on any atom is -0.373 e. The second-order valence-corrected chi connectivity index (χ2v) is 9.90. The lowest BCUT2D eigenvalue weighted by atomic mass is 9.67. The van der Waals surface area contributed by atoms with Gasteiger partial charge in [0, 0.05) is 32.0 Å². The molecule has 2 heterocycles. The molecule has 0 N–H and O–H groups in total. The van der Waals surface area contributed by atoms with Gasteiger partial charge in [0.25, 0.3) is 0 Å². The molecule has 4 nitrogen and oxygen atoms in total. The third-order valence-electron chi connectivity index (χ3n) is 6.56. The summed E-state index contributed by atoms with van der Waals surface area (Å²) in [7, 11) is 0. The fourth-order valence-electron chi connectivity index (χ4n) is 5.11. The highest BCUT2D eigenvalue weighted by Gasteiger charge is 2.48. The molecule has 0 radical (unpaired) electrons. The van der Waals surface area contributed by atoms with E-state index in [1.807, 2.05) is 0 Å². The summed E-state index contributed by atoms with van der Waals surface area (Å²) < 4.78 is 18.8. The van der Waals surface area contributed by atoms with Gasteiger partial charge in [-0.2, -0.15) is 0 Å². The van der Waals surface area contributed by atoms with E-state index in [9.17, 15) is 0 Å². The van der Waals surface area contributed by atoms with Crippen molar-refractivity contribution in [1.82, 2.24) is 4.90 Å². The lowest BCUT2D eigenvalue weighted by Gasteiger charge is -2.51. The largest absolute Gasteiger partial charge is 0.373 e. The fraction of sp³-hybridized carbons (Fsp3) is 1.00. The maximum atomic E-state index is 6.66. The Bertz CT molecular complexity index is 439. The normalized spacial score (nSPS) is 44.2. The van der Waals surface area contributed by atoms with Gasteiger partial charge in [-0.25, -0.2) is 0 Å². The number of ether oxygens (including phenoxy) is 3. The Kier molecular flexibility index (Phi) is 5.85. The van der Waals surface area contributed by atoms with Crippen LogP contribution in [0.2, 0.25) is 0 Å². The standard InChI is InChI=1S/C21H39NO3/c1-15-11-18(20(4,5)6)7-9-21(15)23-10-8-19(25-21)14-22-12-16(2)24-17(3)13-22/h15-19H,7-14H2,1-6H3. The lowest BCUT2D eigenvalue weighted by molar-refractivity contribution is -0.332. The summed E-state index contributed by atoms with van der Waals surface area (Å²) in [5.74, 6) is 0.895. The minimum absolute atomic E-state index is 0.292. The van der Waals surface area contributed by atoms with E-state index >= 15 is 0 Å². The smallest absolute Gasteiger partial charge is 0.171 e. The molecule has 146 valence electrons. The number of nitrogens with zero attached hydrogens (tertiary/aromatic N) is 1. The van der Waals surface area contributed by atoms with Crippen molar-refractivity contribution in [3.63, 3.8) is 0 Å². The molecule has 3 rings (SSSR count). The summed E-state index contributed by atoms with van der Waals surface area (Å²) in [5, 5.41) is 0. The molecular weight excluding hydrogens is 314 g/mol. The van der Waals surface area contributed by atoms with Crippen molar-refractivity contribution in [1.29, 1.82) is 0 Å². The van der Waals surface area contributed by atoms with Crippen molar-refractivity contribution in [2.24, 2.45) is 17.3 Å². The second kappa shape index (κ2) is 7.46. The van der Waals surface area contributed by atoms with Crippen molar-refractivity contribution in [2.45, 2.75) is 91.3 Å². The molecule has 3 aliphatic rings. The summed E-state index contributed by atoms with van der Waals surface area (Å²) in [5.41, 5.74) is 0.379. The molecule has 0 aromatic carbocycles. The van der Waals surface area contributed by atoms with Crippen molar-refractivity contribution in [3.05, 3.63) is 0 Å². The Morgan fingerprint density at radius 1 is 1.04 bits per heavy atom. The van der Waals surface area contributed by atoms with Crippen LogP contribution in [0, 0.1) is 17.3 Å². The lowest BCUT2D eigenvalue weighted by Crippen LogP contribution is -2.56. The Hall–Kier alpha value is -0.160. The van der Waals surface area contributed by atoms with Gasteiger partial charge in [0.05, 0.1) is 24.9 Å². The van der Waals surface area contributed by atoms with E-state index in [1.54, 1.807) is 0 Å². The van der Waals surface area contributed by atoms with Gasteiger partial charge in [-0.3, -0.25) is 4.90 Å². The first kappa shape index (κ1) is 19.6. The molecule has 25 heavy (non-hydrogen) atoms. The maximum Gasteiger partial charge on any atom is 0.171 e. The maximum absolute atomic E-state index is 6.66. The first-order chi connectivity index (χ1) is 11.7. The molecule has 2 aliphatic heterocycles. The van der Waals surface area contributed by atoms with Crippen molar-refractivity contribution in [3.8, 4) is 0 Å². The first-order valence-electron chi connectivity index (χ1n) is 10.4. The second-order valence-electron chi connectivity index (χ2n) is 9.90. The van der Waals surface area contributed by atoms with E-state index in [1.165, 1.54) is 12.8 Å². The van der Waals surface area contributed by atoms with Gasteiger partial charge < -0.3 is 14.2 Å². The fourth-order valence-corrected chi connectivity index (χ4v) is 5.11. The number of rotatable bonds is 2. The molecule has 0 bridgehead atoms. The van der Waals surface area contributed by atoms with Gasteiger partial charge in [-0.1, -0.05) is 27.7 Å². The van der Waals surface area contributed by atoms with Gasteiger partial charge >= 0.3 is 0 Å². The van der Waals surface area contributed by atoms with Crippen LogP contribution in [-0.4, -0.2) is 55.2 Å². The van der Waals surface area contributed by atoms with Gasteiger partial charge in [0.1, 0.15) is 0 Å². The van der Waals surface area contributed by atoms with E-state index in [-0.39, 0.29) is 5.79 Å². The summed E-state index contributed by atoms with van der Waals surface area (Å²) in [6.07, 6.45) is 5.41. The highest BCUT2D eigenvalue weighted by molar-refractivity contribution is 4.92. The molecule has 6 atom stereocenters. The van der Waals surface area contributed by atoms with E-state index in [2.05, 4.69) is 46.4 Å². The first-order valence-corrected chi connectivity index (χ1v) is 10.4. The Balaban J connectivity index is 1.59. The van der Waals surface area contributed by atoms with Crippen LogP contribution < -0.4 is 0 Å². The zero-order chi connectivity index (χ0) is 18.2. The third-order valence-corrected chi connectivity index (χ3v) is 6.56. The molecule has 0 aromatic rings. The highest BCUT2D eigenvalue weighted by Crippen LogP contribution is 2.48. The van der Waals surface area contributed by atoms with Crippen LogP contribution >= 0.6 is 0 Å². The molecular formula is C21H39NO3. The molecule has 2 saturated heterocycles. The van der Waals surface area contributed by atoms with E-state index in [4.69, 9.17) is 14.2 Å². The van der Waals surface area contributed by atoms with Crippen LogP contribution in [0.15, 0.2) is 0 Å². The predicted molar refractivity (Wildman–Crippen MR) is 101 cm³/mol. The van der Waals surface area contributed by atoms with Crippen LogP contribution in [-0.2, 0) is 14.2 Å². The van der Waals surface area contributed by atoms with Crippen molar-refractivity contribution in [2.75, 3.05) is 26.2 Å². The third kappa shape index (κ3) is 4.58. The molecule has 3 fully saturated rings. The van der Waals surface area contributed by atoms with Gasteiger partial charge in [-0.05, 0) is 44.4 Å². The van der Waals surface area contributed by atoms with Gasteiger partial charge in [-0.15, -0.1) is 0 Å². The molecule has 6 unspecified atom stereocenters. The zero-order valence-corrected chi connectivity index (χ0v) is 17.2. The Morgan fingerprint density at radius 3 is 2.32 bits per heavy atom. The topological polar surface area (TPSA) is 30.9 Å². The highest BCUT2D eigenvalue weighted by atomic mass is 16.7. The molecule has 1 spiro atoms. The van der Waals surface area contributed by atoms with Gasteiger partial charge in [0.15, 0.2) is 5.79 Å². The van der Waals surface area contributed by atoms with Gasteiger partial charge in [0.2, 0.25) is 0 Å². The van der Waals surface area contributed by atoms with E-state index in [0.717, 1.165) is 45.0 Å². The van der Waals surface area contributed by atoms with Crippen LogP contribution in [0.25, 0.3) is 0 Å². The van der Waals surface area contributed by atoms with E-state index < -0.39 is 0 Å². The number of morpholine rings is 1. The SMILES string of the molecule is CC1CN(CC2CCOC3(CCC(C(C)(C)C)CC3C)O2)CC(C)O1. The average Bonchev–Trinajstić information content (AvgIpc) is 2.48. The molecule has 1 saturated carbocycles. The van der Waals surface area contributed by atoms with Crippen LogP contribution in [0.3, 0.4) is 0 Å². The monoisotopic (exact) mass is 353 g/mol. The minimum atomic E-state index is -0.339. The average molecular weight is 354 g/mol. The molecule has 0 aromatic heterocycles. The summed E-state index contributed by atoms with van der Waals surface area (Å²) in [6, 6.07) is 0. The zero-order valence-electron chi connectivity index (χ0n) is 17.2. The summed E-state index contributed by atoms with van der Waals surface area (Å²) >= 11 is 0. The number of hydrogen-bond acceptors (Lipinski definition) is 4. The summed E-state index contributed by atoms with van der Waals surface area (Å²) in [6.45, 7) is 17.7. The predicted octanol–water partition coefficient (Wildman–Crippen LogP) is 4.08. The van der Waals surface area contributed by atoms with Crippen molar-refractivity contribution < 1.29 is 14.2 Å². The Labute approximate surface area is 154 Å². The van der Waals surface area contributed by atoms with Crippen LogP contribution in [0.1, 0.15) is 67.2 Å². The van der Waals surface area contributed by atoms with E-state index in [0.29, 0.717) is 29.6 Å². The van der Waals surface area contributed by atoms with Crippen LogP contribution in [0.4, 0.5) is 0 Å². The Morgan fingerprint density at radius 2 is 1.72 bits per heavy atom. The summed E-state index contributed by atoms with van der Waals surface area (Å²) in [4.78, 5) is 2.52. The molecule has 4 heteroatoms. The van der Waals surface area contributed by atoms with Crippen LogP contribution in [0.5, 0.6) is 0 Å². The molecule has 0 amide bonds. The quantitative estimate of drug-likeness (QED) is 0.748. The van der Waals surface area contributed by atoms with Crippen molar-refractivity contribution >= 4 is 0 Å². The molecule has 1 aliphatic carbocycles.